The number of carbonyl (C=O) groups is 2. The zero-order valence-corrected chi connectivity index (χ0v) is 29.9. The Hall–Kier alpha value is -4.12. The van der Waals surface area contributed by atoms with Gasteiger partial charge in [0.2, 0.25) is 0 Å². The molecule has 1 saturated heterocycles. The van der Waals surface area contributed by atoms with E-state index in [9.17, 15) is 23.2 Å². The second-order valence-electron chi connectivity index (χ2n) is 12.8. The first-order chi connectivity index (χ1) is 23.9. The number of aromatic nitrogens is 2. The molecule has 1 aliphatic heterocycles. The minimum absolute atomic E-state index is 0.00920. The lowest BCUT2D eigenvalue weighted by atomic mass is 9.61. The SMILES string of the molecule is C=C[C@]1(C)CC[C@@H](C(=C)CN2CCC(OC(=O)CCCC(=O)OCC#CCOc3no[n+]([O-])c3S(=O)(=O)c3ccccc3)C2)C[C@H]1C(=C)CCl. The van der Waals surface area contributed by atoms with E-state index in [0.717, 1.165) is 44.3 Å². The van der Waals surface area contributed by atoms with Crippen molar-refractivity contribution in [2.75, 3.05) is 38.7 Å². The molecule has 1 unspecified atom stereocenters. The van der Waals surface area contributed by atoms with E-state index < -0.39 is 26.7 Å². The van der Waals surface area contributed by atoms with E-state index in [-0.39, 0.29) is 65.7 Å². The zero-order valence-electron chi connectivity index (χ0n) is 28.3. The van der Waals surface area contributed by atoms with Crippen LogP contribution in [0.4, 0.5) is 0 Å². The number of esters is 2. The number of ether oxygens (including phenoxy) is 3. The molecule has 14 heteroatoms. The van der Waals surface area contributed by atoms with E-state index >= 15 is 0 Å². The average Bonchev–Trinajstić information content (AvgIpc) is 3.71. The summed E-state index contributed by atoms with van der Waals surface area (Å²) < 4.78 is 45.9. The number of nitrogens with zero attached hydrogens (tertiary/aromatic N) is 3. The van der Waals surface area contributed by atoms with E-state index in [2.05, 4.69) is 53.2 Å². The number of rotatable bonds is 16. The number of sulfone groups is 1. The third kappa shape index (κ3) is 9.99. The van der Waals surface area contributed by atoms with Gasteiger partial charge in [-0.25, -0.2) is 8.42 Å². The summed E-state index contributed by atoms with van der Waals surface area (Å²) in [4.78, 5) is 26.4. The van der Waals surface area contributed by atoms with Gasteiger partial charge in [0.1, 0.15) is 6.10 Å². The number of alkyl halides is 1. The van der Waals surface area contributed by atoms with Crippen LogP contribution in [0.2, 0.25) is 0 Å². The minimum Gasteiger partial charge on any atom is -0.461 e. The predicted molar refractivity (Wildman–Crippen MR) is 185 cm³/mol. The summed E-state index contributed by atoms with van der Waals surface area (Å²) in [5, 5.41) is 14.5. The van der Waals surface area contributed by atoms with Gasteiger partial charge >= 0.3 is 22.8 Å². The molecule has 4 rings (SSSR count). The summed E-state index contributed by atoms with van der Waals surface area (Å²) in [6.07, 6.45) is 5.95. The van der Waals surface area contributed by atoms with Crippen molar-refractivity contribution in [2.45, 2.75) is 67.9 Å². The molecular weight excluding hydrogens is 686 g/mol. The summed E-state index contributed by atoms with van der Waals surface area (Å²) in [6, 6.07) is 7.28. The van der Waals surface area contributed by atoms with Crippen LogP contribution in [0, 0.1) is 34.3 Å². The lowest BCUT2D eigenvalue weighted by Crippen LogP contribution is -2.36. The summed E-state index contributed by atoms with van der Waals surface area (Å²) in [6.45, 7) is 16.5. The number of likely N-dealkylation sites (tertiary alicyclic amines) is 1. The summed E-state index contributed by atoms with van der Waals surface area (Å²) in [5.74, 6) is 4.75. The van der Waals surface area contributed by atoms with Crippen molar-refractivity contribution in [3.8, 4) is 17.7 Å². The number of allylic oxidation sites excluding steroid dienone is 2. The smallest absolute Gasteiger partial charge is 0.415 e. The van der Waals surface area contributed by atoms with Gasteiger partial charge in [-0.2, -0.15) is 0 Å². The predicted octanol–water partition coefficient (Wildman–Crippen LogP) is 4.81. The first kappa shape index (κ1) is 38.7. The molecule has 1 aliphatic carbocycles. The van der Waals surface area contributed by atoms with Crippen molar-refractivity contribution < 1.29 is 41.7 Å². The molecule has 0 amide bonds. The van der Waals surface area contributed by atoms with Crippen molar-refractivity contribution in [1.29, 1.82) is 0 Å². The summed E-state index contributed by atoms with van der Waals surface area (Å²) in [5.41, 5.74) is 2.22. The van der Waals surface area contributed by atoms with Crippen LogP contribution in [0.1, 0.15) is 51.9 Å². The Labute approximate surface area is 298 Å². The summed E-state index contributed by atoms with van der Waals surface area (Å²) >= 11 is 6.16. The topological polar surface area (TPSA) is 152 Å². The van der Waals surface area contributed by atoms with Crippen molar-refractivity contribution in [3.63, 3.8) is 0 Å². The van der Waals surface area contributed by atoms with Gasteiger partial charge < -0.3 is 19.4 Å². The Morgan fingerprint density at radius 2 is 1.88 bits per heavy atom. The first-order valence-electron chi connectivity index (χ1n) is 16.5. The second-order valence-corrected chi connectivity index (χ2v) is 15.0. The minimum atomic E-state index is -4.25. The quantitative estimate of drug-likeness (QED) is 0.0769. The molecule has 0 N–H and O–H groups in total. The molecule has 0 bridgehead atoms. The molecule has 2 fully saturated rings. The number of benzene rings is 1. The Morgan fingerprint density at radius 3 is 2.60 bits per heavy atom. The van der Waals surface area contributed by atoms with Crippen LogP contribution in [0.5, 0.6) is 5.88 Å². The highest BCUT2D eigenvalue weighted by Gasteiger charge is 2.40. The molecule has 1 saturated carbocycles. The van der Waals surface area contributed by atoms with Crippen molar-refractivity contribution in [2.24, 2.45) is 17.3 Å². The fourth-order valence-electron chi connectivity index (χ4n) is 6.38. The Kier molecular flexibility index (Phi) is 13.7. The Balaban J connectivity index is 1.10. The molecule has 0 radical (unpaired) electrons. The van der Waals surface area contributed by atoms with Gasteiger partial charge in [0.25, 0.3) is 9.84 Å². The third-order valence-corrected chi connectivity index (χ3v) is 11.4. The van der Waals surface area contributed by atoms with Crippen LogP contribution >= 0.6 is 11.6 Å². The lowest BCUT2D eigenvalue weighted by Gasteiger charge is -2.44. The van der Waals surface area contributed by atoms with Crippen LogP contribution in [-0.2, 0) is 28.9 Å². The molecule has 50 heavy (non-hydrogen) atoms. The molecule has 4 atom stereocenters. The lowest BCUT2D eigenvalue weighted by molar-refractivity contribution is -0.832. The van der Waals surface area contributed by atoms with Crippen LogP contribution in [0.25, 0.3) is 0 Å². The van der Waals surface area contributed by atoms with E-state index in [1.165, 1.54) is 29.8 Å². The van der Waals surface area contributed by atoms with Crippen molar-refractivity contribution >= 4 is 33.4 Å². The molecule has 0 spiro atoms. The second kappa shape index (κ2) is 17.7. The van der Waals surface area contributed by atoms with Gasteiger partial charge in [-0.1, -0.05) is 67.3 Å². The zero-order chi connectivity index (χ0) is 36.3. The van der Waals surface area contributed by atoms with Gasteiger partial charge in [-0.3, -0.25) is 19.1 Å². The highest BCUT2D eigenvalue weighted by atomic mass is 35.5. The van der Waals surface area contributed by atoms with Crippen LogP contribution < -0.4 is 9.64 Å². The fourth-order valence-corrected chi connectivity index (χ4v) is 7.86. The molecular formula is C36H44ClN3O9S. The van der Waals surface area contributed by atoms with Gasteiger partial charge in [0.15, 0.2) is 13.2 Å². The highest BCUT2D eigenvalue weighted by molar-refractivity contribution is 7.91. The maximum atomic E-state index is 12.8. The first-order valence-corrected chi connectivity index (χ1v) is 18.5. The molecule has 1 aromatic heterocycles. The molecule has 2 heterocycles. The molecule has 2 aromatic rings. The molecule has 270 valence electrons. The van der Waals surface area contributed by atoms with Gasteiger partial charge in [-0.15, -0.1) is 18.2 Å². The van der Waals surface area contributed by atoms with Crippen LogP contribution in [0.3, 0.4) is 0 Å². The Morgan fingerprint density at radius 1 is 1.16 bits per heavy atom. The Bertz CT molecular complexity index is 1720. The summed E-state index contributed by atoms with van der Waals surface area (Å²) in [7, 11) is -4.25. The van der Waals surface area contributed by atoms with Gasteiger partial charge in [-0.05, 0) is 66.4 Å². The highest BCUT2D eigenvalue weighted by Crippen LogP contribution is 2.49. The fraction of sp³-hybridized carbons (Fsp3) is 0.500. The number of hydrogen-bond donors (Lipinski definition) is 0. The van der Waals surface area contributed by atoms with E-state index in [1.54, 1.807) is 6.07 Å². The number of halogens is 1. The molecule has 2 aliphatic rings. The van der Waals surface area contributed by atoms with Gasteiger partial charge in [0, 0.05) is 38.4 Å². The van der Waals surface area contributed by atoms with E-state index in [4.69, 9.17) is 25.8 Å². The van der Waals surface area contributed by atoms with E-state index in [1.807, 2.05) is 6.08 Å². The normalized spacial score (nSPS) is 22.2. The van der Waals surface area contributed by atoms with Gasteiger partial charge in [0.05, 0.1) is 10.1 Å². The standard InChI is InChI=1S/C36H44ClN3O9S/c1-5-36(4)18-16-28(22-31(36)26(2)23-37)27(3)24-39-19-17-29(25-39)48-33(42)15-11-14-32(41)46-20-9-10-21-47-34-35(40(43)49-38-34)50(44,45)30-12-7-6-8-13-30/h5-8,12-13,28-29,31H,1-3,11,14-25H2,4H3/t28-,29?,31+,36-/m1/s1. The maximum absolute atomic E-state index is 12.8. The van der Waals surface area contributed by atoms with Crippen molar-refractivity contribution in [1.82, 2.24) is 10.1 Å². The number of hydrogen-bond acceptors (Lipinski definition) is 11. The molecule has 12 nitrogen and oxygen atoms in total. The molecule has 1 aromatic carbocycles. The largest absolute Gasteiger partial charge is 0.461 e. The monoisotopic (exact) mass is 729 g/mol. The number of carbonyl (C=O) groups excluding carboxylic acids is 2. The van der Waals surface area contributed by atoms with Crippen LogP contribution in [-0.4, -0.2) is 75.2 Å². The third-order valence-electron chi connectivity index (χ3n) is 9.34. The van der Waals surface area contributed by atoms with Crippen molar-refractivity contribution in [3.05, 3.63) is 72.5 Å². The van der Waals surface area contributed by atoms with E-state index in [0.29, 0.717) is 18.3 Å². The average molecular weight is 730 g/mol. The maximum Gasteiger partial charge on any atom is 0.415 e. The van der Waals surface area contributed by atoms with Crippen LogP contribution in [0.15, 0.2) is 81.8 Å².